The average molecular weight is 482 g/mol. The zero-order chi connectivity index (χ0) is 15.5. The standard InChI is InChI=1S/C18H12Br3N/c19-13-4-1-7-16(10-13)22(17-8-2-5-14(20)11-17)18-9-3-6-15(21)12-18/h1-12H. The summed E-state index contributed by atoms with van der Waals surface area (Å²) in [5.41, 5.74) is 3.31. The second-order valence-corrected chi connectivity index (χ2v) is 7.52. The van der Waals surface area contributed by atoms with Crippen LogP contribution in [0.3, 0.4) is 0 Å². The number of hydrogen-bond acceptors (Lipinski definition) is 1. The predicted molar refractivity (Wildman–Crippen MR) is 104 cm³/mol. The van der Waals surface area contributed by atoms with Crippen LogP contribution >= 0.6 is 47.8 Å². The molecule has 1 nitrogen and oxygen atoms in total. The molecular formula is C18H12Br3N. The van der Waals surface area contributed by atoms with Crippen molar-refractivity contribution in [2.24, 2.45) is 0 Å². The fraction of sp³-hybridized carbons (Fsp3) is 0. The summed E-state index contributed by atoms with van der Waals surface area (Å²) in [5, 5.41) is 0. The number of hydrogen-bond donors (Lipinski definition) is 0. The Morgan fingerprint density at radius 2 is 0.818 bits per heavy atom. The lowest BCUT2D eigenvalue weighted by Gasteiger charge is -2.26. The van der Waals surface area contributed by atoms with Crippen LogP contribution in [0.5, 0.6) is 0 Å². The molecule has 3 rings (SSSR count). The first-order valence-corrected chi connectivity index (χ1v) is 9.08. The second kappa shape index (κ2) is 6.99. The zero-order valence-corrected chi connectivity index (χ0v) is 16.3. The van der Waals surface area contributed by atoms with Crippen molar-refractivity contribution in [1.82, 2.24) is 0 Å². The normalized spacial score (nSPS) is 10.5. The summed E-state index contributed by atoms with van der Waals surface area (Å²) in [6.45, 7) is 0. The minimum Gasteiger partial charge on any atom is -0.310 e. The van der Waals surface area contributed by atoms with Gasteiger partial charge in [0.15, 0.2) is 0 Å². The predicted octanol–water partition coefficient (Wildman–Crippen LogP) is 7.44. The van der Waals surface area contributed by atoms with E-state index < -0.39 is 0 Å². The van der Waals surface area contributed by atoms with E-state index >= 15 is 0 Å². The van der Waals surface area contributed by atoms with Crippen LogP contribution in [0, 0.1) is 0 Å². The van der Waals surface area contributed by atoms with E-state index in [4.69, 9.17) is 0 Å². The van der Waals surface area contributed by atoms with E-state index in [2.05, 4.69) is 89.1 Å². The van der Waals surface area contributed by atoms with Gasteiger partial charge in [-0.05, 0) is 54.6 Å². The minimum atomic E-state index is 1.06. The molecule has 0 aliphatic rings. The van der Waals surface area contributed by atoms with Crippen LogP contribution in [-0.2, 0) is 0 Å². The van der Waals surface area contributed by atoms with Crippen molar-refractivity contribution >= 4 is 64.9 Å². The molecule has 0 saturated carbocycles. The van der Waals surface area contributed by atoms with Crippen molar-refractivity contribution < 1.29 is 0 Å². The van der Waals surface area contributed by atoms with E-state index in [1.165, 1.54) is 0 Å². The van der Waals surface area contributed by atoms with Gasteiger partial charge in [0.2, 0.25) is 0 Å². The molecule has 4 heteroatoms. The molecule has 22 heavy (non-hydrogen) atoms. The molecule has 0 saturated heterocycles. The minimum absolute atomic E-state index is 1.06. The molecule has 110 valence electrons. The molecule has 3 aromatic rings. The van der Waals surface area contributed by atoms with Crippen molar-refractivity contribution in [1.29, 1.82) is 0 Å². The Morgan fingerprint density at radius 3 is 1.09 bits per heavy atom. The zero-order valence-electron chi connectivity index (χ0n) is 11.5. The van der Waals surface area contributed by atoms with Gasteiger partial charge in [-0.25, -0.2) is 0 Å². The molecule has 0 radical (unpaired) electrons. The third kappa shape index (κ3) is 3.62. The summed E-state index contributed by atoms with van der Waals surface area (Å²) >= 11 is 10.7. The Kier molecular flexibility index (Phi) is 5.01. The first-order valence-electron chi connectivity index (χ1n) is 6.70. The molecule has 0 fully saturated rings. The summed E-state index contributed by atoms with van der Waals surface area (Å²) < 4.78 is 3.17. The Balaban J connectivity index is 2.18. The summed E-state index contributed by atoms with van der Waals surface area (Å²) in [5.74, 6) is 0. The molecule has 0 atom stereocenters. The second-order valence-electron chi connectivity index (χ2n) is 4.78. The largest absolute Gasteiger partial charge is 0.310 e. The third-order valence-corrected chi connectivity index (χ3v) is 4.68. The number of halogens is 3. The highest BCUT2D eigenvalue weighted by Gasteiger charge is 2.13. The van der Waals surface area contributed by atoms with E-state index in [0.29, 0.717) is 0 Å². The molecule has 3 aromatic carbocycles. The lowest BCUT2D eigenvalue weighted by molar-refractivity contribution is 1.27. The van der Waals surface area contributed by atoms with Gasteiger partial charge in [-0.2, -0.15) is 0 Å². The third-order valence-electron chi connectivity index (χ3n) is 3.20. The molecule has 0 aromatic heterocycles. The Morgan fingerprint density at radius 1 is 0.500 bits per heavy atom. The fourth-order valence-corrected chi connectivity index (χ4v) is 3.45. The van der Waals surface area contributed by atoms with Crippen molar-refractivity contribution in [3.05, 3.63) is 86.2 Å². The van der Waals surface area contributed by atoms with Gasteiger partial charge in [0.05, 0.1) is 0 Å². The van der Waals surface area contributed by atoms with Crippen LogP contribution in [0.2, 0.25) is 0 Å². The number of anilines is 3. The maximum absolute atomic E-state index is 3.56. The first-order chi connectivity index (χ1) is 10.6. The van der Waals surface area contributed by atoms with Crippen molar-refractivity contribution in [2.45, 2.75) is 0 Å². The summed E-state index contributed by atoms with van der Waals surface area (Å²) in [7, 11) is 0. The molecule has 0 aliphatic heterocycles. The molecule has 0 spiro atoms. The Bertz CT molecular complexity index is 693. The van der Waals surface area contributed by atoms with E-state index in [1.807, 2.05) is 36.4 Å². The SMILES string of the molecule is Brc1cccc(N(c2cccc(Br)c2)c2cccc(Br)c2)c1. The van der Waals surface area contributed by atoms with Gasteiger partial charge in [0.25, 0.3) is 0 Å². The van der Waals surface area contributed by atoms with Gasteiger partial charge in [-0.15, -0.1) is 0 Å². The number of rotatable bonds is 3. The van der Waals surface area contributed by atoms with Crippen LogP contribution in [-0.4, -0.2) is 0 Å². The van der Waals surface area contributed by atoms with E-state index in [9.17, 15) is 0 Å². The molecular weight excluding hydrogens is 470 g/mol. The van der Waals surface area contributed by atoms with Crippen molar-refractivity contribution in [2.75, 3.05) is 4.90 Å². The van der Waals surface area contributed by atoms with Crippen molar-refractivity contribution in [3.8, 4) is 0 Å². The molecule has 0 N–H and O–H groups in total. The van der Waals surface area contributed by atoms with E-state index in [0.717, 1.165) is 30.5 Å². The first kappa shape index (κ1) is 15.8. The van der Waals surface area contributed by atoms with E-state index in [-0.39, 0.29) is 0 Å². The lowest BCUT2D eigenvalue weighted by atomic mass is 10.2. The van der Waals surface area contributed by atoms with Crippen LogP contribution < -0.4 is 4.90 Å². The topological polar surface area (TPSA) is 3.24 Å². The smallest absolute Gasteiger partial charge is 0.0472 e. The molecule has 0 heterocycles. The maximum Gasteiger partial charge on any atom is 0.0472 e. The summed E-state index contributed by atoms with van der Waals surface area (Å²) in [4.78, 5) is 2.22. The maximum atomic E-state index is 3.56. The monoisotopic (exact) mass is 479 g/mol. The highest BCUT2D eigenvalue weighted by Crippen LogP contribution is 2.37. The van der Waals surface area contributed by atoms with Gasteiger partial charge in [0.1, 0.15) is 0 Å². The van der Waals surface area contributed by atoms with Crippen LogP contribution in [0.1, 0.15) is 0 Å². The quantitative estimate of drug-likeness (QED) is 0.375. The molecule has 0 bridgehead atoms. The molecule has 0 unspecified atom stereocenters. The van der Waals surface area contributed by atoms with Crippen LogP contribution in [0.15, 0.2) is 86.2 Å². The van der Waals surface area contributed by atoms with Crippen LogP contribution in [0.25, 0.3) is 0 Å². The van der Waals surface area contributed by atoms with Gasteiger partial charge in [-0.1, -0.05) is 66.0 Å². The number of benzene rings is 3. The Hall–Kier alpha value is -1.10. The van der Waals surface area contributed by atoms with Gasteiger partial charge in [0, 0.05) is 30.5 Å². The summed E-state index contributed by atoms with van der Waals surface area (Å²) in [6, 6.07) is 24.9. The fourth-order valence-electron chi connectivity index (χ4n) is 2.29. The van der Waals surface area contributed by atoms with Gasteiger partial charge >= 0.3 is 0 Å². The highest BCUT2D eigenvalue weighted by atomic mass is 79.9. The lowest BCUT2D eigenvalue weighted by Crippen LogP contribution is -2.09. The van der Waals surface area contributed by atoms with Crippen molar-refractivity contribution in [3.63, 3.8) is 0 Å². The summed E-state index contributed by atoms with van der Waals surface area (Å²) in [6.07, 6.45) is 0. The molecule has 0 amide bonds. The Labute approximate surface area is 155 Å². The van der Waals surface area contributed by atoms with Gasteiger partial charge in [-0.3, -0.25) is 0 Å². The highest BCUT2D eigenvalue weighted by molar-refractivity contribution is 9.11. The molecule has 0 aliphatic carbocycles. The van der Waals surface area contributed by atoms with Crippen LogP contribution in [0.4, 0.5) is 17.1 Å². The number of nitrogens with zero attached hydrogens (tertiary/aromatic N) is 1. The van der Waals surface area contributed by atoms with E-state index in [1.54, 1.807) is 0 Å². The van der Waals surface area contributed by atoms with Gasteiger partial charge < -0.3 is 4.90 Å². The average Bonchev–Trinajstić information content (AvgIpc) is 2.48.